The predicted molar refractivity (Wildman–Crippen MR) is 144 cm³/mol. The number of rotatable bonds is 7. The number of ether oxygens (including phenoxy) is 2. The zero-order valence-electron chi connectivity index (χ0n) is 18.8. The van der Waals surface area contributed by atoms with Gasteiger partial charge in [-0.25, -0.2) is 0 Å². The van der Waals surface area contributed by atoms with Crippen LogP contribution in [0, 0.1) is 6.92 Å². The number of amides is 2. The number of imide groups is 1. The van der Waals surface area contributed by atoms with Gasteiger partial charge in [0.2, 0.25) is 0 Å². The van der Waals surface area contributed by atoms with Gasteiger partial charge in [-0.1, -0.05) is 59.1 Å². The van der Waals surface area contributed by atoms with Gasteiger partial charge in [0.25, 0.3) is 11.1 Å². The van der Waals surface area contributed by atoms with Gasteiger partial charge in [0.15, 0.2) is 11.5 Å². The molecule has 35 heavy (non-hydrogen) atoms. The summed E-state index contributed by atoms with van der Waals surface area (Å²) in [6, 6.07) is 16.6. The minimum Gasteiger partial charge on any atom is -0.493 e. The summed E-state index contributed by atoms with van der Waals surface area (Å²) in [6.07, 6.45) is 1.66. The van der Waals surface area contributed by atoms with E-state index in [4.69, 9.17) is 32.7 Å². The zero-order valence-corrected chi connectivity index (χ0v) is 22.7. The van der Waals surface area contributed by atoms with Crippen molar-refractivity contribution < 1.29 is 19.1 Å². The highest BCUT2D eigenvalue weighted by Gasteiger charge is 2.35. The second kappa shape index (κ2) is 11.1. The molecule has 0 radical (unpaired) electrons. The highest BCUT2D eigenvalue weighted by Crippen LogP contribution is 2.40. The molecule has 0 N–H and O–H groups in total. The normalized spacial score (nSPS) is 14.7. The Kier molecular flexibility index (Phi) is 8.12. The Balaban J connectivity index is 1.53. The molecule has 0 bridgehead atoms. The summed E-state index contributed by atoms with van der Waals surface area (Å²) in [7, 11) is 1.55. The van der Waals surface area contributed by atoms with Gasteiger partial charge in [-0.2, -0.15) is 0 Å². The van der Waals surface area contributed by atoms with E-state index in [-0.39, 0.29) is 17.7 Å². The van der Waals surface area contributed by atoms with E-state index in [0.29, 0.717) is 48.7 Å². The van der Waals surface area contributed by atoms with E-state index in [9.17, 15) is 9.59 Å². The molecule has 0 aromatic heterocycles. The molecular formula is C26H20BrCl2NO4S. The monoisotopic (exact) mass is 591 g/mol. The molecule has 0 saturated carbocycles. The summed E-state index contributed by atoms with van der Waals surface area (Å²) in [6.45, 7) is 2.47. The summed E-state index contributed by atoms with van der Waals surface area (Å²) >= 11 is 16.6. The Hall–Kier alpha value is -2.45. The van der Waals surface area contributed by atoms with Gasteiger partial charge in [-0.05, 0) is 81.6 Å². The van der Waals surface area contributed by atoms with Crippen molar-refractivity contribution in [3.05, 3.63) is 96.3 Å². The van der Waals surface area contributed by atoms with Crippen molar-refractivity contribution in [1.29, 1.82) is 0 Å². The molecule has 0 spiro atoms. The summed E-state index contributed by atoms with van der Waals surface area (Å²) in [5, 5.41) is 0.519. The van der Waals surface area contributed by atoms with Gasteiger partial charge >= 0.3 is 0 Å². The number of methoxy groups -OCH3 is 1. The highest BCUT2D eigenvalue weighted by molar-refractivity contribution is 9.10. The van der Waals surface area contributed by atoms with Gasteiger partial charge in [-0.15, -0.1) is 0 Å². The third-order valence-electron chi connectivity index (χ3n) is 5.27. The first-order valence-electron chi connectivity index (χ1n) is 10.5. The highest BCUT2D eigenvalue weighted by atomic mass is 79.9. The molecule has 1 fully saturated rings. The van der Waals surface area contributed by atoms with Crippen LogP contribution in [0.2, 0.25) is 10.0 Å². The van der Waals surface area contributed by atoms with Crippen molar-refractivity contribution in [2.45, 2.75) is 20.1 Å². The smallest absolute Gasteiger partial charge is 0.293 e. The molecule has 0 unspecified atom stereocenters. The minimum atomic E-state index is -0.388. The molecule has 3 aromatic rings. The van der Waals surface area contributed by atoms with Gasteiger partial charge < -0.3 is 9.47 Å². The first kappa shape index (κ1) is 25.6. The van der Waals surface area contributed by atoms with E-state index in [1.807, 2.05) is 37.3 Å². The maximum atomic E-state index is 13.0. The number of carbonyl (C=O) groups is 2. The second-order valence-electron chi connectivity index (χ2n) is 7.81. The summed E-state index contributed by atoms with van der Waals surface area (Å²) in [4.78, 5) is 27.0. The van der Waals surface area contributed by atoms with Crippen molar-refractivity contribution in [1.82, 2.24) is 4.90 Å². The lowest BCUT2D eigenvalue weighted by atomic mass is 10.1. The van der Waals surface area contributed by atoms with Crippen LogP contribution in [0.4, 0.5) is 4.79 Å². The summed E-state index contributed by atoms with van der Waals surface area (Å²) in [5.74, 6) is 0.668. The molecule has 3 aromatic carbocycles. The Morgan fingerprint density at radius 3 is 2.49 bits per heavy atom. The average molecular weight is 593 g/mol. The number of carbonyl (C=O) groups excluding carboxylic acids is 2. The number of hydrogen-bond acceptors (Lipinski definition) is 5. The van der Waals surface area contributed by atoms with Crippen LogP contribution < -0.4 is 9.47 Å². The van der Waals surface area contributed by atoms with Crippen molar-refractivity contribution >= 4 is 68.1 Å². The van der Waals surface area contributed by atoms with Crippen LogP contribution in [0.25, 0.3) is 6.08 Å². The van der Waals surface area contributed by atoms with Gasteiger partial charge in [0.05, 0.1) is 23.0 Å². The topological polar surface area (TPSA) is 55.8 Å². The third-order valence-corrected chi connectivity index (χ3v) is 7.35. The van der Waals surface area contributed by atoms with Crippen molar-refractivity contribution in [2.75, 3.05) is 7.11 Å². The SMILES string of the molecule is COc1cc(/C=C2\SC(=O)N(Cc3ccc(Cl)cc3Cl)C2=O)cc(Br)c1OCc1ccc(C)cc1. The lowest BCUT2D eigenvalue weighted by molar-refractivity contribution is -0.123. The van der Waals surface area contributed by atoms with Crippen LogP contribution >= 0.6 is 50.9 Å². The van der Waals surface area contributed by atoms with Crippen LogP contribution in [0.3, 0.4) is 0 Å². The van der Waals surface area contributed by atoms with Crippen LogP contribution in [0.15, 0.2) is 64.0 Å². The third kappa shape index (κ3) is 6.04. The molecule has 1 heterocycles. The molecule has 2 amide bonds. The summed E-state index contributed by atoms with van der Waals surface area (Å²) < 4.78 is 12.2. The van der Waals surface area contributed by atoms with Crippen molar-refractivity contribution in [3.63, 3.8) is 0 Å². The molecule has 4 rings (SSSR count). The Bertz CT molecular complexity index is 1330. The average Bonchev–Trinajstić information content (AvgIpc) is 3.08. The van der Waals surface area contributed by atoms with E-state index < -0.39 is 0 Å². The first-order chi connectivity index (χ1) is 16.7. The summed E-state index contributed by atoms with van der Waals surface area (Å²) in [5.41, 5.74) is 3.53. The number of nitrogens with zero attached hydrogens (tertiary/aromatic N) is 1. The quantitative estimate of drug-likeness (QED) is 0.261. The number of thioether (sulfide) groups is 1. The van der Waals surface area contributed by atoms with Crippen molar-refractivity contribution in [3.8, 4) is 11.5 Å². The van der Waals surface area contributed by atoms with Crippen LogP contribution in [0.1, 0.15) is 22.3 Å². The Labute approximate surface area is 226 Å². The molecule has 1 aliphatic heterocycles. The molecular weight excluding hydrogens is 573 g/mol. The van der Waals surface area contributed by atoms with E-state index in [1.54, 1.807) is 37.5 Å². The van der Waals surface area contributed by atoms with E-state index in [2.05, 4.69) is 15.9 Å². The predicted octanol–water partition coefficient (Wildman–Crippen LogP) is 7.89. The maximum Gasteiger partial charge on any atom is 0.293 e. The molecule has 1 aliphatic rings. The van der Waals surface area contributed by atoms with Gasteiger partial charge in [0, 0.05) is 10.0 Å². The lowest BCUT2D eigenvalue weighted by Crippen LogP contribution is -2.27. The standard InChI is InChI=1S/C26H20BrCl2NO4S/c1-15-3-5-16(6-4-15)14-34-24-20(27)9-17(10-22(24)33-2)11-23-25(31)30(26(32)35-23)13-18-7-8-19(28)12-21(18)29/h3-12H,13-14H2,1-2H3/b23-11-. The fraction of sp³-hybridized carbons (Fsp3) is 0.154. The molecule has 9 heteroatoms. The molecule has 0 atom stereocenters. The Morgan fingerprint density at radius 2 is 1.80 bits per heavy atom. The largest absolute Gasteiger partial charge is 0.493 e. The number of benzene rings is 3. The molecule has 180 valence electrons. The fourth-order valence-corrected chi connectivity index (χ4v) is 5.29. The molecule has 5 nitrogen and oxygen atoms in total. The molecule has 1 saturated heterocycles. The minimum absolute atomic E-state index is 0.0663. The van der Waals surface area contributed by atoms with E-state index >= 15 is 0 Å². The first-order valence-corrected chi connectivity index (χ1v) is 12.9. The lowest BCUT2D eigenvalue weighted by Gasteiger charge is -2.14. The van der Waals surface area contributed by atoms with Gasteiger partial charge in [-0.3, -0.25) is 14.5 Å². The fourth-order valence-electron chi connectivity index (χ4n) is 3.41. The van der Waals surface area contributed by atoms with Crippen LogP contribution in [-0.2, 0) is 17.9 Å². The second-order valence-corrected chi connectivity index (χ2v) is 10.5. The number of aryl methyl sites for hydroxylation is 1. The molecule has 0 aliphatic carbocycles. The van der Waals surface area contributed by atoms with Crippen molar-refractivity contribution in [2.24, 2.45) is 0 Å². The number of hydrogen-bond donors (Lipinski definition) is 0. The Morgan fingerprint density at radius 1 is 1.06 bits per heavy atom. The van der Waals surface area contributed by atoms with Gasteiger partial charge in [0.1, 0.15) is 6.61 Å². The van der Waals surface area contributed by atoms with Crippen LogP contribution in [-0.4, -0.2) is 23.2 Å². The van der Waals surface area contributed by atoms with Crippen LogP contribution in [0.5, 0.6) is 11.5 Å². The van der Waals surface area contributed by atoms with E-state index in [1.165, 1.54) is 5.56 Å². The number of halogens is 3. The maximum absolute atomic E-state index is 13.0. The zero-order chi connectivity index (χ0) is 25.1. The van der Waals surface area contributed by atoms with E-state index in [0.717, 1.165) is 22.2 Å².